The topological polar surface area (TPSA) is 71.5 Å². The van der Waals surface area contributed by atoms with Gasteiger partial charge in [0.1, 0.15) is 6.10 Å². The summed E-state index contributed by atoms with van der Waals surface area (Å²) in [6, 6.07) is 5.63. The number of pyridine rings is 1. The Morgan fingerprint density at radius 2 is 1.86 bits per heavy atom. The van der Waals surface area contributed by atoms with E-state index in [1.807, 2.05) is 18.2 Å². The molecule has 0 radical (unpaired) electrons. The summed E-state index contributed by atoms with van der Waals surface area (Å²) < 4.78 is 34.7. The van der Waals surface area contributed by atoms with E-state index in [1.165, 1.54) is 0 Å². The van der Waals surface area contributed by atoms with Crippen molar-refractivity contribution in [1.29, 1.82) is 0 Å². The Balaban J connectivity index is 1.47. The number of nitrogens with one attached hydrogen (secondary N) is 1. The van der Waals surface area contributed by atoms with Crippen molar-refractivity contribution in [2.75, 3.05) is 13.1 Å². The third kappa shape index (κ3) is 3.97. The molecule has 0 amide bonds. The van der Waals surface area contributed by atoms with Crippen molar-refractivity contribution in [2.24, 2.45) is 0 Å². The fourth-order valence-corrected chi connectivity index (χ4v) is 4.64. The predicted molar refractivity (Wildman–Crippen MR) is 83.8 cm³/mol. The van der Waals surface area contributed by atoms with Crippen molar-refractivity contribution >= 4 is 10.2 Å². The van der Waals surface area contributed by atoms with Crippen molar-refractivity contribution in [3.05, 3.63) is 24.4 Å². The Labute approximate surface area is 132 Å². The minimum absolute atomic E-state index is 0.0224. The van der Waals surface area contributed by atoms with E-state index in [0.29, 0.717) is 19.0 Å². The quantitative estimate of drug-likeness (QED) is 0.894. The first-order chi connectivity index (χ1) is 10.6. The number of hydrogen-bond donors (Lipinski definition) is 1. The summed E-state index contributed by atoms with van der Waals surface area (Å²) in [6.07, 6.45) is 7.09. The van der Waals surface area contributed by atoms with Crippen LogP contribution in [-0.4, -0.2) is 42.9 Å². The molecule has 1 saturated carbocycles. The average Bonchev–Trinajstić information content (AvgIpc) is 3.05. The fraction of sp³-hybridized carbons (Fsp3) is 0.667. The van der Waals surface area contributed by atoms with Gasteiger partial charge < -0.3 is 4.74 Å². The minimum atomic E-state index is -3.31. The number of nitrogens with zero attached hydrogens (tertiary/aromatic N) is 2. The molecule has 1 aliphatic heterocycles. The maximum absolute atomic E-state index is 12.2. The summed E-state index contributed by atoms with van der Waals surface area (Å²) in [5.74, 6) is 0.642. The second kappa shape index (κ2) is 6.93. The smallest absolute Gasteiger partial charge is 0.279 e. The van der Waals surface area contributed by atoms with Crippen LogP contribution in [0.1, 0.15) is 38.5 Å². The molecular formula is C15H23N3O3S. The molecule has 2 fully saturated rings. The zero-order valence-corrected chi connectivity index (χ0v) is 13.5. The summed E-state index contributed by atoms with van der Waals surface area (Å²) >= 11 is 0. The van der Waals surface area contributed by atoms with Crippen LogP contribution in [0.5, 0.6) is 5.88 Å². The van der Waals surface area contributed by atoms with Gasteiger partial charge in [0.25, 0.3) is 10.2 Å². The summed E-state index contributed by atoms with van der Waals surface area (Å²) in [4.78, 5) is 4.16. The number of aromatic nitrogens is 1. The van der Waals surface area contributed by atoms with Gasteiger partial charge in [-0.15, -0.1) is 0 Å². The molecule has 2 heterocycles. The van der Waals surface area contributed by atoms with Gasteiger partial charge in [0.2, 0.25) is 5.88 Å². The van der Waals surface area contributed by atoms with Gasteiger partial charge in [-0.3, -0.25) is 0 Å². The molecule has 0 bridgehead atoms. The van der Waals surface area contributed by atoms with Crippen LogP contribution >= 0.6 is 0 Å². The highest BCUT2D eigenvalue weighted by Gasteiger charge is 2.30. The molecule has 1 saturated heterocycles. The van der Waals surface area contributed by atoms with Crippen molar-refractivity contribution in [1.82, 2.24) is 14.0 Å². The molecule has 6 nitrogen and oxygen atoms in total. The van der Waals surface area contributed by atoms with Crippen LogP contribution in [0.2, 0.25) is 0 Å². The van der Waals surface area contributed by atoms with Gasteiger partial charge in [-0.25, -0.2) is 4.98 Å². The lowest BCUT2D eigenvalue weighted by molar-refractivity contribution is 0.138. The fourth-order valence-electron chi connectivity index (χ4n) is 3.10. The first-order valence-corrected chi connectivity index (χ1v) is 9.42. The van der Waals surface area contributed by atoms with E-state index in [2.05, 4.69) is 9.71 Å². The standard InChI is InChI=1S/C15H23N3O3S/c19-22(20,18-11-3-4-12-18)17-13-6-8-14(9-7-13)21-15-5-1-2-10-16-15/h1-2,5,10,13-14,17H,3-4,6-9,11-12H2. The lowest BCUT2D eigenvalue weighted by atomic mass is 9.94. The summed E-state index contributed by atoms with van der Waals surface area (Å²) in [7, 11) is -3.31. The van der Waals surface area contributed by atoms with Gasteiger partial charge in [0.15, 0.2) is 0 Å². The molecular weight excluding hydrogens is 302 g/mol. The monoisotopic (exact) mass is 325 g/mol. The molecule has 1 aliphatic carbocycles. The van der Waals surface area contributed by atoms with Crippen LogP contribution in [-0.2, 0) is 10.2 Å². The van der Waals surface area contributed by atoms with Gasteiger partial charge in [-0.05, 0) is 44.6 Å². The van der Waals surface area contributed by atoms with Gasteiger partial charge >= 0.3 is 0 Å². The second-order valence-corrected chi connectivity index (χ2v) is 7.69. The molecule has 1 aromatic heterocycles. The zero-order chi connectivity index (χ0) is 15.4. The van der Waals surface area contributed by atoms with E-state index in [1.54, 1.807) is 10.5 Å². The summed E-state index contributed by atoms with van der Waals surface area (Å²) in [5, 5.41) is 0. The molecule has 22 heavy (non-hydrogen) atoms. The third-order valence-corrected chi connectivity index (χ3v) is 6.00. The van der Waals surface area contributed by atoms with E-state index in [-0.39, 0.29) is 12.1 Å². The van der Waals surface area contributed by atoms with Gasteiger partial charge in [-0.1, -0.05) is 6.07 Å². The van der Waals surface area contributed by atoms with Crippen LogP contribution in [0.15, 0.2) is 24.4 Å². The molecule has 122 valence electrons. The molecule has 1 aromatic rings. The molecule has 0 spiro atoms. The normalized spacial score (nSPS) is 26.9. The lowest BCUT2D eigenvalue weighted by Gasteiger charge is -2.30. The van der Waals surface area contributed by atoms with Crippen LogP contribution in [0.4, 0.5) is 0 Å². The van der Waals surface area contributed by atoms with Gasteiger partial charge in [0.05, 0.1) is 0 Å². The first-order valence-electron chi connectivity index (χ1n) is 7.98. The maximum Gasteiger partial charge on any atom is 0.279 e. The van der Waals surface area contributed by atoms with Crippen LogP contribution < -0.4 is 9.46 Å². The van der Waals surface area contributed by atoms with Crippen LogP contribution in [0.3, 0.4) is 0 Å². The third-order valence-electron chi connectivity index (χ3n) is 4.32. The Bertz CT molecular complexity index is 565. The van der Waals surface area contributed by atoms with E-state index >= 15 is 0 Å². The van der Waals surface area contributed by atoms with Crippen molar-refractivity contribution in [2.45, 2.75) is 50.7 Å². The predicted octanol–water partition coefficient (Wildman–Crippen LogP) is 1.70. The average molecular weight is 325 g/mol. The molecule has 0 atom stereocenters. The first kappa shape index (κ1) is 15.7. The van der Waals surface area contributed by atoms with Gasteiger partial charge in [-0.2, -0.15) is 17.4 Å². The Morgan fingerprint density at radius 3 is 2.50 bits per heavy atom. The molecule has 7 heteroatoms. The highest BCUT2D eigenvalue weighted by atomic mass is 32.2. The second-order valence-electron chi connectivity index (χ2n) is 5.99. The SMILES string of the molecule is O=S(=O)(NC1CCC(Oc2ccccn2)CC1)N1CCCC1. The Morgan fingerprint density at radius 1 is 1.14 bits per heavy atom. The number of hydrogen-bond acceptors (Lipinski definition) is 4. The van der Waals surface area contributed by atoms with E-state index < -0.39 is 10.2 Å². The Hall–Kier alpha value is -1.18. The molecule has 3 rings (SSSR count). The zero-order valence-electron chi connectivity index (χ0n) is 12.6. The molecule has 0 aromatic carbocycles. The van der Waals surface area contributed by atoms with E-state index in [4.69, 9.17) is 4.74 Å². The highest BCUT2D eigenvalue weighted by molar-refractivity contribution is 7.87. The maximum atomic E-state index is 12.2. The molecule has 1 N–H and O–H groups in total. The van der Waals surface area contributed by atoms with Crippen molar-refractivity contribution in [3.8, 4) is 5.88 Å². The number of rotatable bonds is 5. The van der Waals surface area contributed by atoms with Crippen LogP contribution in [0.25, 0.3) is 0 Å². The van der Waals surface area contributed by atoms with E-state index in [9.17, 15) is 8.42 Å². The highest BCUT2D eigenvalue weighted by Crippen LogP contribution is 2.24. The Kier molecular flexibility index (Phi) is 4.95. The largest absolute Gasteiger partial charge is 0.474 e. The summed E-state index contributed by atoms with van der Waals surface area (Å²) in [5.41, 5.74) is 0. The summed E-state index contributed by atoms with van der Waals surface area (Å²) in [6.45, 7) is 1.29. The number of ether oxygens (including phenoxy) is 1. The van der Waals surface area contributed by atoms with Crippen molar-refractivity contribution in [3.63, 3.8) is 0 Å². The van der Waals surface area contributed by atoms with E-state index in [0.717, 1.165) is 38.5 Å². The van der Waals surface area contributed by atoms with Crippen LogP contribution in [0, 0.1) is 0 Å². The lowest BCUT2D eigenvalue weighted by Crippen LogP contribution is -2.46. The minimum Gasteiger partial charge on any atom is -0.474 e. The van der Waals surface area contributed by atoms with Gasteiger partial charge in [0, 0.05) is 31.4 Å². The molecule has 0 unspecified atom stereocenters. The van der Waals surface area contributed by atoms with Crippen molar-refractivity contribution < 1.29 is 13.2 Å². The molecule has 2 aliphatic rings.